The Kier molecular flexibility index (Phi) is 2.92. The van der Waals surface area contributed by atoms with Gasteiger partial charge in [-0.3, -0.25) is 14.6 Å². The summed E-state index contributed by atoms with van der Waals surface area (Å²) in [5.74, 6) is 0.742. The van der Waals surface area contributed by atoms with Gasteiger partial charge in [0.2, 0.25) is 0 Å². The van der Waals surface area contributed by atoms with Crippen LogP contribution in [0.15, 0.2) is 36.9 Å². The second-order valence-electron chi connectivity index (χ2n) is 4.32. The van der Waals surface area contributed by atoms with E-state index in [0.29, 0.717) is 6.42 Å². The molecule has 0 aliphatic rings. The van der Waals surface area contributed by atoms with Gasteiger partial charge in [-0.05, 0) is 17.7 Å². The maximum absolute atomic E-state index is 10.2. The number of hydrogen-bond donors (Lipinski definition) is 1. The highest BCUT2D eigenvalue weighted by molar-refractivity contribution is 5.74. The first-order valence-electron chi connectivity index (χ1n) is 5.95. The largest absolute Gasteiger partial charge is 0.388 e. The minimum atomic E-state index is -0.630. The minimum absolute atomic E-state index is 0.419. The molecule has 0 aliphatic heterocycles. The number of aromatic nitrogens is 5. The van der Waals surface area contributed by atoms with Crippen molar-refractivity contribution in [3.05, 3.63) is 48.3 Å². The third-order valence-corrected chi connectivity index (χ3v) is 3.06. The molecule has 0 spiro atoms. The van der Waals surface area contributed by atoms with Crippen molar-refractivity contribution in [3.63, 3.8) is 0 Å². The standard InChI is InChI=1S/C13H13N5O/c1-18-13(16-8-17-18)7-12(19)9-2-3-10-11(6-9)15-5-4-14-10/h2-6,8,12,19H,7H2,1H3. The molecule has 0 saturated heterocycles. The molecule has 96 valence electrons. The summed E-state index contributed by atoms with van der Waals surface area (Å²) >= 11 is 0. The van der Waals surface area contributed by atoms with E-state index in [1.54, 1.807) is 24.1 Å². The predicted octanol–water partition coefficient (Wildman–Crippen LogP) is 1.03. The summed E-state index contributed by atoms with van der Waals surface area (Å²) < 4.78 is 1.66. The Morgan fingerprint density at radius 1 is 1.16 bits per heavy atom. The number of nitrogens with zero attached hydrogens (tertiary/aromatic N) is 5. The highest BCUT2D eigenvalue weighted by Gasteiger charge is 2.12. The van der Waals surface area contributed by atoms with E-state index in [1.807, 2.05) is 18.2 Å². The predicted molar refractivity (Wildman–Crippen MR) is 69.2 cm³/mol. The van der Waals surface area contributed by atoms with Gasteiger partial charge >= 0.3 is 0 Å². The van der Waals surface area contributed by atoms with Crippen LogP contribution in [0.5, 0.6) is 0 Å². The smallest absolute Gasteiger partial charge is 0.138 e. The lowest BCUT2D eigenvalue weighted by molar-refractivity contribution is 0.174. The molecule has 1 N–H and O–H groups in total. The molecule has 1 atom stereocenters. The lowest BCUT2D eigenvalue weighted by Crippen LogP contribution is -2.07. The first kappa shape index (κ1) is 11.7. The molecule has 1 aromatic carbocycles. The van der Waals surface area contributed by atoms with Crippen LogP contribution in [-0.4, -0.2) is 29.8 Å². The van der Waals surface area contributed by atoms with Gasteiger partial charge in [-0.15, -0.1) is 0 Å². The van der Waals surface area contributed by atoms with Gasteiger partial charge in [0, 0.05) is 25.9 Å². The van der Waals surface area contributed by atoms with E-state index in [-0.39, 0.29) is 0 Å². The molecule has 0 amide bonds. The minimum Gasteiger partial charge on any atom is -0.388 e. The molecule has 0 fully saturated rings. The van der Waals surface area contributed by atoms with E-state index in [9.17, 15) is 5.11 Å². The lowest BCUT2D eigenvalue weighted by atomic mass is 10.1. The zero-order chi connectivity index (χ0) is 13.2. The van der Waals surface area contributed by atoms with Crippen molar-refractivity contribution in [1.29, 1.82) is 0 Å². The van der Waals surface area contributed by atoms with Gasteiger partial charge in [-0.25, -0.2) is 4.98 Å². The van der Waals surface area contributed by atoms with Crippen molar-refractivity contribution in [2.45, 2.75) is 12.5 Å². The molecule has 0 aliphatic carbocycles. The fourth-order valence-corrected chi connectivity index (χ4v) is 1.98. The summed E-state index contributed by atoms with van der Waals surface area (Å²) in [4.78, 5) is 12.5. The van der Waals surface area contributed by atoms with Gasteiger partial charge in [-0.2, -0.15) is 5.10 Å². The molecule has 6 nitrogen and oxygen atoms in total. The molecule has 2 aromatic heterocycles. The fraction of sp³-hybridized carbons (Fsp3) is 0.231. The van der Waals surface area contributed by atoms with Gasteiger partial charge in [-0.1, -0.05) is 6.07 Å². The Balaban J connectivity index is 1.89. The number of aliphatic hydroxyl groups excluding tert-OH is 1. The fourth-order valence-electron chi connectivity index (χ4n) is 1.98. The van der Waals surface area contributed by atoms with E-state index < -0.39 is 6.10 Å². The van der Waals surface area contributed by atoms with E-state index in [0.717, 1.165) is 22.4 Å². The first-order valence-corrected chi connectivity index (χ1v) is 5.95. The van der Waals surface area contributed by atoms with E-state index >= 15 is 0 Å². The number of benzene rings is 1. The Morgan fingerprint density at radius 2 is 1.95 bits per heavy atom. The van der Waals surface area contributed by atoms with Gasteiger partial charge in [0.15, 0.2) is 0 Å². The Hall–Kier alpha value is -2.34. The van der Waals surface area contributed by atoms with E-state index in [1.165, 1.54) is 6.33 Å². The van der Waals surface area contributed by atoms with Crippen LogP contribution in [0.3, 0.4) is 0 Å². The van der Waals surface area contributed by atoms with Crippen LogP contribution in [0.4, 0.5) is 0 Å². The topological polar surface area (TPSA) is 76.7 Å². The van der Waals surface area contributed by atoms with Crippen LogP contribution >= 0.6 is 0 Å². The average molecular weight is 255 g/mol. The summed E-state index contributed by atoms with van der Waals surface area (Å²) in [5, 5.41) is 14.2. The molecule has 0 bridgehead atoms. The van der Waals surface area contributed by atoms with Crippen molar-refractivity contribution in [3.8, 4) is 0 Å². The summed E-state index contributed by atoms with van der Waals surface area (Å²) in [6.07, 6.45) is 4.56. The third-order valence-electron chi connectivity index (χ3n) is 3.06. The van der Waals surface area contributed by atoms with Crippen LogP contribution in [0, 0.1) is 0 Å². The summed E-state index contributed by atoms with van der Waals surface area (Å²) in [6.45, 7) is 0. The number of rotatable bonds is 3. The number of aliphatic hydroxyl groups is 1. The van der Waals surface area contributed by atoms with Gasteiger partial charge in [0.05, 0.1) is 17.1 Å². The molecule has 3 rings (SSSR count). The maximum atomic E-state index is 10.2. The van der Waals surface area contributed by atoms with Gasteiger partial charge in [0.1, 0.15) is 12.2 Å². The zero-order valence-electron chi connectivity index (χ0n) is 10.4. The van der Waals surface area contributed by atoms with E-state index in [4.69, 9.17) is 0 Å². The normalized spacial score (nSPS) is 12.7. The van der Waals surface area contributed by atoms with Crippen LogP contribution in [0.1, 0.15) is 17.5 Å². The summed E-state index contributed by atoms with van der Waals surface area (Å²) in [6, 6.07) is 5.57. The Morgan fingerprint density at radius 3 is 2.68 bits per heavy atom. The average Bonchev–Trinajstić information content (AvgIpc) is 2.84. The number of aryl methyl sites for hydroxylation is 1. The van der Waals surface area contributed by atoms with Crippen molar-refractivity contribution < 1.29 is 5.11 Å². The van der Waals surface area contributed by atoms with Crippen molar-refractivity contribution in [2.24, 2.45) is 7.05 Å². The zero-order valence-corrected chi connectivity index (χ0v) is 10.4. The van der Waals surface area contributed by atoms with Crippen LogP contribution < -0.4 is 0 Å². The number of hydrogen-bond acceptors (Lipinski definition) is 5. The molecule has 1 unspecified atom stereocenters. The monoisotopic (exact) mass is 255 g/mol. The molecular formula is C13H13N5O. The van der Waals surface area contributed by atoms with Crippen molar-refractivity contribution >= 4 is 11.0 Å². The maximum Gasteiger partial charge on any atom is 0.138 e. The SMILES string of the molecule is Cn1ncnc1CC(O)c1ccc2nccnc2c1. The highest BCUT2D eigenvalue weighted by atomic mass is 16.3. The molecule has 2 heterocycles. The molecule has 6 heteroatoms. The van der Waals surface area contributed by atoms with Crippen LogP contribution in [-0.2, 0) is 13.5 Å². The Bertz CT molecular complexity index is 709. The van der Waals surface area contributed by atoms with Crippen LogP contribution in [0.2, 0.25) is 0 Å². The van der Waals surface area contributed by atoms with Gasteiger partial charge in [0.25, 0.3) is 0 Å². The second-order valence-corrected chi connectivity index (χ2v) is 4.32. The van der Waals surface area contributed by atoms with Crippen molar-refractivity contribution in [2.75, 3.05) is 0 Å². The molecule has 0 radical (unpaired) electrons. The molecule has 19 heavy (non-hydrogen) atoms. The quantitative estimate of drug-likeness (QED) is 0.756. The third kappa shape index (κ3) is 2.30. The summed E-state index contributed by atoms with van der Waals surface area (Å²) in [7, 11) is 1.81. The Labute approximate surface area is 109 Å². The summed E-state index contributed by atoms with van der Waals surface area (Å²) in [5.41, 5.74) is 2.39. The molecule has 0 saturated carbocycles. The molecule has 3 aromatic rings. The highest BCUT2D eigenvalue weighted by Crippen LogP contribution is 2.20. The first-order chi connectivity index (χ1) is 9.24. The second kappa shape index (κ2) is 4.74. The number of fused-ring (bicyclic) bond motifs is 1. The van der Waals surface area contributed by atoms with Gasteiger partial charge < -0.3 is 5.11 Å². The molecular weight excluding hydrogens is 242 g/mol. The lowest BCUT2D eigenvalue weighted by Gasteiger charge is -2.10. The van der Waals surface area contributed by atoms with E-state index in [2.05, 4.69) is 20.1 Å². The van der Waals surface area contributed by atoms with Crippen molar-refractivity contribution in [1.82, 2.24) is 24.7 Å². The van der Waals surface area contributed by atoms with Crippen LogP contribution in [0.25, 0.3) is 11.0 Å².